The molecule has 5 heteroatoms. The highest BCUT2D eigenvalue weighted by Crippen LogP contribution is 2.24. The van der Waals surface area contributed by atoms with E-state index in [2.05, 4.69) is 15.5 Å². The third-order valence-corrected chi connectivity index (χ3v) is 3.26. The van der Waals surface area contributed by atoms with Crippen molar-refractivity contribution < 1.29 is 4.79 Å². The van der Waals surface area contributed by atoms with E-state index in [1.54, 1.807) is 12.4 Å². The molecule has 2 aromatic carbocycles. The Labute approximate surface area is 120 Å². The van der Waals surface area contributed by atoms with Crippen molar-refractivity contribution in [1.82, 2.24) is 10.2 Å². The van der Waals surface area contributed by atoms with E-state index in [1.807, 2.05) is 36.4 Å². The molecular weight excluding hydrogens is 274 g/mol. The van der Waals surface area contributed by atoms with Crippen LogP contribution < -0.4 is 5.32 Å². The van der Waals surface area contributed by atoms with Crippen LogP contribution in [-0.2, 0) is 11.2 Å². The number of aromatic nitrogens is 2. The van der Waals surface area contributed by atoms with E-state index in [-0.39, 0.29) is 12.3 Å². The number of hydrogen-bond acceptors (Lipinski definition) is 2. The van der Waals surface area contributed by atoms with Crippen LogP contribution in [0.4, 0.5) is 5.69 Å². The maximum Gasteiger partial charge on any atom is 0.228 e. The lowest BCUT2D eigenvalue weighted by Gasteiger charge is -2.08. The van der Waals surface area contributed by atoms with Gasteiger partial charge in [0.2, 0.25) is 5.91 Å². The first kappa shape index (κ1) is 12.7. The SMILES string of the molecule is O=C(Cc1cc(Cl)cc2ccccc12)Nc1cn[nH]c1. The van der Waals surface area contributed by atoms with Crippen molar-refractivity contribution in [3.63, 3.8) is 0 Å². The van der Waals surface area contributed by atoms with Gasteiger partial charge in [0.05, 0.1) is 18.3 Å². The van der Waals surface area contributed by atoms with Crippen molar-refractivity contribution in [2.45, 2.75) is 6.42 Å². The number of halogens is 1. The zero-order chi connectivity index (χ0) is 13.9. The van der Waals surface area contributed by atoms with Gasteiger partial charge in [0.15, 0.2) is 0 Å². The molecular formula is C15H12ClN3O. The molecule has 0 radical (unpaired) electrons. The van der Waals surface area contributed by atoms with Crippen LogP contribution in [0.3, 0.4) is 0 Å². The molecule has 0 bridgehead atoms. The normalized spacial score (nSPS) is 10.7. The fourth-order valence-electron chi connectivity index (χ4n) is 2.19. The molecule has 4 nitrogen and oxygen atoms in total. The molecule has 0 saturated carbocycles. The number of H-pyrrole nitrogens is 1. The summed E-state index contributed by atoms with van der Waals surface area (Å²) in [6, 6.07) is 11.6. The van der Waals surface area contributed by atoms with Gasteiger partial charge in [-0.2, -0.15) is 5.10 Å². The Morgan fingerprint density at radius 2 is 2.15 bits per heavy atom. The summed E-state index contributed by atoms with van der Waals surface area (Å²) >= 11 is 6.10. The van der Waals surface area contributed by atoms with Crippen molar-refractivity contribution in [2.75, 3.05) is 5.32 Å². The number of benzene rings is 2. The van der Waals surface area contributed by atoms with Crippen LogP contribution >= 0.6 is 11.6 Å². The minimum absolute atomic E-state index is 0.0983. The molecule has 0 fully saturated rings. The average Bonchev–Trinajstić information content (AvgIpc) is 2.91. The lowest BCUT2D eigenvalue weighted by Crippen LogP contribution is -2.14. The van der Waals surface area contributed by atoms with Gasteiger partial charge >= 0.3 is 0 Å². The molecule has 0 aliphatic rings. The predicted octanol–water partition coefficient (Wildman–Crippen LogP) is 3.40. The summed E-state index contributed by atoms with van der Waals surface area (Å²) in [5.74, 6) is -0.0983. The molecule has 1 aromatic heterocycles. The smallest absolute Gasteiger partial charge is 0.228 e. The van der Waals surface area contributed by atoms with Crippen LogP contribution in [0, 0.1) is 0 Å². The number of aromatic amines is 1. The lowest BCUT2D eigenvalue weighted by molar-refractivity contribution is -0.115. The second-order valence-electron chi connectivity index (χ2n) is 4.50. The number of carbonyl (C=O) groups excluding carboxylic acids is 1. The Hall–Kier alpha value is -2.33. The van der Waals surface area contributed by atoms with Gasteiger partial charge in [0, 0.05) is 11.2 Å². The predicted molar refractivity (Wildman–Crippen MR) is 79.9 cm³/mol. The third-order valence-electron chi connectivity index (χ3n) is 3.05. The van der Waals surface area contributed by atoms with Gasteiger partial charge in [-0.1, -0.05) is 35.9 Å². The third kappa shape index (κ3) is 2.65. The minimum Gasteiger partial charge on any atom is -0.323 e. The molecule has 3 rings (SSSR count). The molecule has 100 valence electrons. The summed E-state index contributed by atoms with van der Waals surface area (Å²) in [6.07, 6.45) is 3.47. The second-order valence-corrected chi connectivity index (χ2v) is 4.93. The first-order valence-electron chi connectivity index (χ1n) is 6.18. The first-order valence-corrected chi connectivity index (χ1v) is 6.56. The number of carbonyl (C=O) groups is 1. The lowest BCUT2D eigenvalue weighted by atomic mass is 10.0. The van der Waals surface area contributed by atoms with E-state index < -0.39 is 0 Å². The minimum atomic E-state index is -0.0983. The van der Waals surface area contributed by atoms with Gasteiger partial charge < -0.3 is 5.32 Å². The molecule has 0 unspecified atom stereocenters. The van der Waals surface area contributed by atoms with Crippen molar-refractivity contribution in [2.24, 2.45) is 0 Å². The zero-order valence-corrected chi connectivity index (χ0v) is 11.3. The maximum absolute atomic E-state index is 12.0. The van der Waals surface area contributed by atoms with Gasteiger partial charge in [-0.25, -0.2) is 0 Å². The molecule has 1 amide bonds. The van der Waals surface area contributed by atoms with Crippen LogP contribution in [0.2, 0.25) is 5.02 Å². The Morgan fingerprint density at radius 3 is 2.95 bits per heavy atom. The summed E-state index contributed by atoms with van der Waals surface area (Å²) in [5.41, 5.74) is 1.57. The van der Waals surface area contributed by atoms with Crippen molar-refractivity contribution >= 4 is 34.0 Å². The van der Waals surface area contributed by atoms with Gasteiger partial charge in [-0.3, -0.25) is 9.89 Å². The number of rotatable bonds is 3. The molecule has 2 N–H and O–H groups in total. The molecule has 0 aliphatic heterocycles. The number of amides is 1. The Bertz CT molecular complexity index is 753. The highest BCUT2D eigenvalue weighted by atomic mass is 35.5. The molecule has 0 saturated heterocycles. The number of hydrogen-bond donors (Lipinski definition) is 2. The Morgan fingerprint density at radius 1 is 1.30 bits per heavy atom. The summed E-state index contributed by atoms with van der Waals surface area (Å²) in [5, 5.41) is 11.9. The Balaban J connectivity index is 1.88. The van der Waals surface area contributed by atoms with Crippen LogP contribution in [0.1, 0.15) is 5.56 Å². The van der Waals surface area contributed by atoms with Crippen LogP contribution in [0.25, 0.3) is 10.8 Å². The summed E-state index contributed by atoms with van der Waals surface area (Å²) in [4.78, 5) is 12.0. The van der Waals surface area contributed by atoms with E-state index in [0.717, 1.165) is 16.3 Å². The summed E-state index contributed by atoms with van der Waals surface area (Å²) in [6.45, 7) is 0. The quantitative estimate of drug-likeness (QED) is 0.775. The molecule has 0 spiro atoms. The first-order chi connectivity index (χ1) is 9.72. The number of fused-ring (bicyclic) bond motifs is 1. The van der Waals surface area contributed by atoms with Gasteiger partial charge in [0.1, 0.15) is 0 Å². The van der Waals surface area contributed by atoms with Crippen LogP contribution in [0.5, 0.6) is 0 Å². The molecule has 0 aliphatic carbocycles. The maximum atomic E-state index is 12.0. The number of nitrogens with one attached hydrogen (secondary N) is 2. The van der Waals surface area contributed by atoms with E-state index in [9.17, 15) is 4.79 Å². The highest BCUT2D eigenvalue weighted by Gasteiger charge is 2.09. The fraction of sp³-hybridized carbons (Fsp3) is 0.0667. The van der Waals surface area contributed by atoms with Crippen molar-refractivity contribution in [3.8, 4) is 0 Å². The Kier molecular flexibility index (Phi) is 3.39. The topological polar surface area (TPSA) is 57.8 Å². The number of nitrogens with zero attached hydrogens (tertiary/aromatic N) is 1. The zero-order valence-electron chi connectivity index (χ0n) is 10.6. The van der Waals surface area contributed by atoms with Crippen molar-refractivity contribution in [1.29, 1.82) is 0 Å². The summed E-state index contributed by atoms with van der Waals surface area (Å²) < 4.78 is 0. The molecule has 20 heavy (non-hydrogen) atoms. The van der Waals surface area contributed by atoms with E-state index >= 15 is 0 Å². The monoisotopic (exact) mass is 285 g/mol. The fourth-order valence-corrected chi connectivity index (χ4v) is 2.44. The second kappa shape index (κ2) is 5.35. The van der Waals surface area contributed by atoms with E-state index in [0.29, 0.717) is 10.7 Å². The van der Waals surface area contributed by atoms with Gasteiger partial charge in [-0.05, 0) is 28.5 Å². The van der Waals surface area contributed by atoms with Gasteiger partial charge in [0.25, 0.3) is 0 Å². The largest absolute Gasteiger partial charge is 0.323 e. The highest BCUT2D eigenvalue weighted by molar-refractivity contribution is 6.31. The molecule has 3 aromatic rings. The number of anilines is 1. The van der Waals surface area contributed by atoms with E-state index in [1.165, 1.54) is 0 Å². The average molecular weight is 286 g/mol. The van der Waals surface area contributed by atoms with Gasteiger partial charge in [-0.15, -0.1) is 0 Å². The van der Waals surface area contributed by atoms with Crippen molar-refractivity contribution in [3.05, 3.63) is 59.4 Å². The molecule has 1 heterocycles. The molecule has 0 atom stereocenters. The van der Waals surface area contributed by atoms with Crippen LogP contribution in [-0.4, -0.2) is 16.1 Å². The van der Waals surface area contributed by atoms with E-state index in [4.69, 9.17) is 11.6 Å². The summed E-state index contributed by atoms with van der Waals surface area (Å²) in [7, 11) is 0. The standard InChI is InChI=1S/C15H12ClN3O/c16-12-5-10-3-1-2-4-14(10)11(6-12)7-15(20)19-13-8-17-18-9-13/h1-6,8-9H,7H2,(H,17,18)(H,19,20). The van der Waals surface area contributed by atoms with Crippen LogP contribution in [0.15, 0.2) is 48.8 Å².